The van der Waals surface area contributed by atoms with Crippen LogP contribution in [0.2, 0.25) is 0 Å². The Morgan fingerprint density at radius 3 is 2.39 bits per heavy atom. The minimum Gasteiger partial charge on any atom is -0.454 e. The summed E-state index contributed by atoms with van der Waals surface area (Å²) in [5, 5.41) is 0. The van der Waals surface area contributed by atoms with Crippen molar-refractivity contribution in [1.82, 2.24) is 4.72 Å². The van der Waals surface area contributed by atoms with Crippen molar-refractivity contribution in [3.8, 4) is 22.6 Å². The fourth-order valence-corrected chi connectivity index (χ4v) is 5.90. The summed E-state index contributed by atoms with van der Waals surface area (Å²) in [4.78, 5) is 13.4. The van der Waals surface area contributed by atoms with Gasteiger partial charge >= 0.3 is 0 Å². The van der Waals surface area contributed by atoms with Gasteiger partial charge in [-0.25, -0.2) is 13.1 Å². The van der Waals surface area contributed by atoms with E-state index in [4.69, 9.17) is 9.47 Å². The van der Waals surface area contributed by atoms with E-state index in [0.29, 0.717) is 18.6 Å². The Hall–Kier alpha value is -3.16. The Kier molecular flexibility index (Phi) is 6.62. The normalized spacial score (nSPS) is 15.6. The molecular formula is C29H31NO5S. The summed E-state index contributed by atoms with van der Waals surface area (Å²) in [6.45, 7) is 4.40. The fraction of sp³-hybridized carbons (Fsp3) is 0.345. The SMILES string of the molecule is CCCS(=O)(=O)NCc1ccc(-c2cc(CC(=O)C3(c4ccc5c(c4)OCO5)CC3)ccc2C)cc1. The van der Waals surface area contributed by atoms with Crippen LogP contribution in [0.3, 0.4) is 0 Å². The van der Waals surface area contributed by atoms with Crippen molar-refractivity contribution in [3.63, 3.8) is 0 Å². The van der Waals surface area contributed by atoms with Crippen molar-refractivity contribution in [2.75, 3.05) is 12.5 Å². The second-order valence-electron chi connectivity index (χ2n) is 9.74. The van der Waals surface area contributed by atoms with Crippen molar-refractivity contribution < 1.29 is 22.7 Å². The molecule has 0 unspecified atom stereocenters. The lowest BCUT2D eigenvalue weighted by atomic mass is 9.87. The molecule has 3 aromatic rings. The van der Waals surface area contributed by atoms with Crippen LogP contribution in [-0.4, -0.2) is 26.7 Å². The van der Waals surface area contributed by atoms with Crippen LogP contribution < -0.4 is 14.2 Å². The van der Waals surface area contributed by atoms with Gasteiger partial charge in [0, 0.05) is 13.0 Å². The lowest BCUT2D eigenvalue weighted by Crippen LogP contribution is -2.25. The summed E-state index contributed by atoms with van der Waals surface area (Å²) in [7, 11) is -3.24. The number of hydrogen-bond acceptors (Lipinski definition) is 5. The molecule has 2 aliphatic rings. The molecule has 0 bridgehead atoms. The van der Waals surface area contributed by atoms with Crippen LogP contribution in [0, 0.1) is 6.92 Å². The summed E-state index contributed by atoms with van der Waals surface area (Å²) in [5.41, 5.74) is 5.71. The number of sulfonamides is 1. The fourth-order valence-electron chi connectivity index (χ4n) is 4.83. The van der Waals surface area contributed by atoms with Gasteiger partial charge in [0.2, 0.25) is 16.8 Å². The Bertz CT molecular complexity index is 1390. The van der Waals surface area contributed by atoms with Gasteiger partial charge in [-0.3, -0.25) is 4.79 Å². The molecule has 5 rings (SSSR count). The van der Waals surface area contributed by atoms with E-state index in [9.17, 15) is 13.2 Å². The number of hydrogen-bond donors (Lipinski definition) is 1. The maximum absolute atomic E-state index is 13.4. The lowest BCUT2D eigenvalue weighted by Gasteiger charge is -2.16. The second-order valence-corrected chi connectivity index (χ2v) is 11.7. The molecule has 3 aromatic carbocycles. The zero-order valence-electron chi connectivity index (χ0n) is 20.7. The lowest BCUT2D eigenvalue weighted by molar-refractivity contribution is -0.120. The number of aryl methyl sites for hydroxylation is 1. The molecule has 0 atom stereocenters. The van der Waals surface area contributed by atoms with E-state index in [1.54, 1.807) is 0 Å². The number of carbonyl (C=O) groups is 1. The number of ketones is 1. The van der Waals surface area contributed by atoms with Crippen LogP contribution in [0.25, 0.3) is 11.1 Å². The molecule has 1 aliphatic carbocycles. The van der Waals surface area contributed by atoms with Crippen molar-refractivity contribution in [1.29, 1.82) is 0 Å². The standard InChI is InChI=1S/C29H31NO5S/c1-3-14-36(32,33)30-18-21-6-8-23(9-7-21)25-15-22(5-4-20(25)2)16-28(31)29(12-13-29)24-10-11-26-27(17-24)35-19-34-26/h4-11,15,17,30H,3,12-14,16,18-19H2,1-2H3. The molecule has 0 amide bonds. The topological polar surface area (TPSA) is 81.7 Å². The summed E-state index contributed by atoms with van der Waals surface area (Å²) in [6, 6.07) is 19.9. The third-order valence-corrected chi connectivity index (χ3v) is 8.64. The van der Waals surface area contributed by atoms with E-state index in [1.807, 2.05) is 55.5 Å². The molecule has 1 N–H and O–H groups in total. The first-order valence-corrected chi connectivity index (χ1v) is 14.0. The van der Waals surface area contributed by atoms with Crippen LogP contribution >= 0.6 is 0 Å². The summed E-state index contributed by atoms with van der Waals surface area (Å²) in [5.74, 6) is 1.80. The maximum atomic E-state index is 13.4. The average Bonchev–Trinajstić information content (AvgIpc) is 3.55. The predicted molar refractivity (Wildman–Crippen MR) is 140 cm³/mol. The molecule has 1 saturated carbocycles. The van der Waals surface area contributed by atoms with Crippen molar-refractivity contribution in [2.45, 2.75) is 51.5 Å². The van der Waals surface area contributed by atoms with Gasteiger partial charge in [0.25, 0.3) is 0 Å². The third-order valence-electron chi connectivity index (χ3n) is 7.11. The van der Waals surface area contributed by atoms with E-state index in [2.05, 4.69) is 23.8 Å². The van der Waals surface area contributed by atoms with Gasteiger partial charge in [0.1, 0.15) is 5.78 Å². The summed E-state index contributed by atoms with van der Waals surface area (Å²) >= 11 is 0. The van der Waals surface area contributed by atoms with E-state index < -0.39 is 15.4 Å². The average molecular weight is 506 g/mol. The molecule has 0 saturated heterocycles. The van der Waals surface area contributed by atoms with Crippen LogP contribution in [0.15, 0.2) is 60.7 Å². The van der Waals surface area contributed by atoms with E-state index >= 15 is 0 Å². The first-order valence-electron chi connectivity index (χ1n) is 12.4. The smallest absolute Gasteiger partial charge is 0.231 e. The second kappa shape index (κ2) is 9.71. The molecule has 1 heterocycles. The van der Waals surface area contributed by atoms with Crippen LogP contribution in [-0.2, 0) is 33.2 Å². The third kappa shape index (κ3) is 5.04. The molecular weight excluding hydrogens is 474 g/mol. The van der Waals surface area contributed by atoms with Gasteiger partial charge in [0.05, 0.1) is 11.2 Å². The number of rotatable bonds is 10. The molecule has 1 aliphatic heterocycles. The van der Waals surface area contributed by atoms with Crippen LogP contribution in [0.5, 0.6) is 11.5 Å². The van der Waals surface area contributed by atoms with E-state index in [0.717, 1.165) is 52.0 Å². The van der Waals surface area contributed by atoms with Crippen LogP contribution in [0.4, 0.5) is 0 Å². The highest BCUT2D eigenvalue weighted by Crippen LogP contribution is 2.51. The van der Waals surface area contributed by atoms with Crippen molar-refractivity contribution in [3.05, 3.63) is 82.9 Å². The number of carbonyl (C=O) groups excluding carboxylic acids is 1. The first-order chi connectivity index (χ1) is 17.3. The molecule has 1 fully saturated rings. The summed E-state index contributed by atoms with van der Waals surface area (Å²) in [6.07, 6.45) is 2.67. The van der Waals surface area contributed by atoms with Gasteiger partial charge in [-0.05, 0) is 71.7 Å². The Morgan fingerprint density at radius 2 is 1.67 bits per heavy atom. The minimum atomic E-state index is -3.24. The zero-order chi connectivity index (χ0) is 25.3. The number of ether oxygens (including phenoxy) is 2. The summed E-state index contributed by atoms with van der Waals surface area (Å²) < 4.78 is 37.4. The monoisotopic (exact) mass is 505 g/mol. The highest BCUT2D eigenvalue weighted by atomic mass is 32.2. The van der Waals surface area contributed by atoms with Gasteiger partial charge in [-0.2, -0.15) is 0 Å². The van der Waals surface area contributed by atoms with E-state index in [-0.39, 0.29) is 24.9 Å². The highest BCUT2D eigenvalue weighted by molar-refractivity contribution is 7.89. The molecule has 0 aromatic heterocycles. The number of benzene rings is 3. The molecule has 7 heteroatoms. The minimum absolute atomic E-state index is 0.131. The largest absolute Gasteiger partial charge is 0.454 e. The molecule has 0 spiro atoms. The maximum Gasteiger partial charge on any atom is 0.231 e. The molecule has 188 valence electrons. The van der Waals surface area contributed by atoms with Gasteiger partial charge in [-0.15, -0.1) is 0 Å². The zero-order valence-corrected chi connectivity index (χ0v) is 21.5. The Labute approximate surface area is 212 Å². The Morgan fingerprint density at radius 1 is 0.944 bits per heavy atom. The first kappa shape index (κ1) is 24.5. The molecule has 0 radical (unpaired) electrons. The van der Waals surface area contributed by atoms with Gasteiger partial charge in [-0.1, -0.05) is 55.5 Å². The number of fused-ring (bicyclic) bond motifs is 1. The van der Waals surface area contributed by atoms with Crippen molar-refractivity contribution in [2.24, 2.45) is 0 Å². The van der Waals surface area contributed by atoms with Gasteiger partial charge < -0.3 is 9.47 Å². The Balaban J connectivity index is 1.30. The molecule has 36 heavy (non-hydrogen) atoms. The van der Waals surface area contributed by atoms with Crippen molar-refractivity contribution >= 4 is 15.8 Å². The van der Waals surface area contributed by atoms with E-state index in [1.165, 1.54) is 0 Å². The quantitative estimate of drug-likeness (QED) is 0.416. The highest BCUT2D eigenvalue weighted by Gasteiger charge is 2.50. The van der Waals surface area contributed by atoms with Gasteiger partial charge in [0.15, 0.2) is 11.5 Å². The number of Topliss-reactive ketones (excluding diaryl/α,β-unsaturated/α-hetero) is 1. The van der Waals surface area contributed by atoms with Crippen LogP contribution in [0.1, 0.15) is 48.4 Å². The predicted octanol–water partition coefficient (Wildman–Crippen LogP) is 5.06. The number of nitrogens with one attached hydrogen (secondary N) is 1. The molecule has 6 nitrogen and oxygen atoms in total.